The van der Waals surface area contributed by atoms with Crippen molar-refractivity contribution in [3.8, 4) is 5.75 Å². The summed E-state index contributed by atoms with van der Waals surface area (Å²) in [5.74, 6) is -1.000. The van der Waals surface area contributed by atoms with E-state index < -0.39 is 10.8 Å². The number of halogens is 2. The minimum Gasteiger partial charge on any atom is -0.507 e. The maximum atomic E-state index is 12.5. The number of nitrogens with zero attached hydrogens (tertiary/aromatic N) is 1. The first kappa shape index (κ1) is 20.4. The number of hydrogen-bond acceptors (Lipinski definition) is 4. The maximum Gasteiger partial charge on any atom is 0.292 e. The molecule has 0 fully saturated rings. The van der Waals surface area contributed by atoms with Crippen LogP contribution in [0.4, 0.5) is 11.4 Å². The van der Waals surface area contributed by atoms with Gasteiger partial charge < -0.3 is 10.4 Å². The number of rotatable bonds is 5. The Hall–Kier alpha value is -3.35. The van der Waals surface area contributed by atoms with E-state index in [1.165, 1.54) is 30.3 Å². The molecular weight excluding hydrogens is 415 g/mol. The van der Waals surface area contributed by atoms with Crippen molar-refractivity contribution in [1.29, 1.82) is 0 Å². The van der Waals surface area contributed by atoms with E-state index in [4.69, 9.17) is 23.2 Å². The highest BCUT2D eigenvalue weighted by Crippen LogP contribution is 2.29. The summed E-state index contributed by atoms with van der Waals surface area (Å²) >= 11 is 11.7. The molecule has 2 N–H and O–H groups in total. The van der Waals surface area contributed by atoms with Gasteiger partial charge in [-0.25, -0.2) is 0 Å². The number of nitro benzene ring substituents is 1. The summed E-state index contributed by atoms with van der Waals surface area (Å²) in [7, 11) is 0. The predicted molar refractivity (Wildman–Crippen MR) is 115 cm³/mol. The highest BCUT2D eigenvalue weighted by molar-refractivity contribution is 6.31. The zero-order valence-electron chi connectivity index (χ0n) is 14.8. The van der Waals surface area contributed by atoms with Gasteiger partial charge in [0.1, 0.15) is 11.4 Å². The summed E-state index contributed by atoms with van der Waals surface area (Å²) in [6.07, 6.45) is 3.56. The molecule has 1 amide bonds. The van der Waals surface area contributed by atoms with Crippen LogP contribution in [-0.4, -0.2) is 15.9 Å². The Labute approximate surface area is 176 Å². The number of carbonyl (C=O) groups excluding carboxylic acids is 1. The number of benzene rings is 3. The molecule has 0 aliphatic carbocycles. The van der Waals surface area contributed by atoms with Crippen LogP contribution in [0, 0.1) is 10.1 Å². The molecule has 0 aliphatic heterocycles. The van der Waals surface area contributed by atoms with Gasteiger partial charge in [-0.3, -0.25) is 14.9 Å². The first-order chi connectivity index (χ1) is 13.8. The molecule has 29 heavy (non-hydrogen) atoms. The van der Waals surface area contributed by atoms with Crippen LogP contribution in [0.1, 0.15) is 21.5 Å². The van der Waals surface area contributed by atoms with Crippen LogP contribution >= 0.6 is 23.2 Å². The second-order valence-corrected chi connectivity index (χ2v) is 6.91. The minimum absolute atomic E-state index is 0.00219. The lowest BCUT2D eigenvalue weighted by atomic mass is 10.1. The molecule has 146 valence electrons. The second kappa shape index (κ2) is 8.77. The van der Waals surface area contributed by atoms with Crippen LogP contribution in [0.3, 0.4) is 0 Å². The fourth-order valence-electron chi connectivity index (χ4n) is 2.56. The normalized spacial score (nSPS) is 10.8. The van der Waals surface area contributed by atoms with Gasteiger partial charge in [-0.1, -0.05) is 47.5 Å². The Morgan fingerprint density at radius 1 is 0.931 bits per heavy atom. The SMILES string of the molecule is O=C(Nc1cc(/C=C/c2ccc(Cl)cc2)ccc1[N+](=O)[O-])c1cc(Cl)ccc1O. The number of amides is 1. The molecule has 0 spiro atoms. The summed E-state index contributed by atoms with van der Waals surface area (Å²) < 4.78 is 0. The molecule has 6 nitrogen and oxygen atoms in total. The molecule has 3 aromatic carbocycles. The van der Waals surface area contributed by atoms with Crippen molar-refractivity contribution >= 4 is 52.6 Å². The highest BCUT2D eigenvalue weighted by atomic mass is 35.5. The van der Waals surface area contributed by atoms with Crippen LogP contribution in [0.2, 0.25) is 10.0 Å². The van der Waals surface area contributed by atoms with Crippen molar-refractivity contribution < 1.29 is 14.8 Å². The number of nitrogens with one attached hydrogen (secondary N) is 1. The van der Waals surface area contributed by atoms with Crippen molar-refractivity contribution in [3.63, 3.8) is 0 Å². The van der Waals surface area contributed by atoms with E-state index in [9.17, 15) is 20.0 Å². The highest BCUT2D eigenvalue weighted by Gasteiger charge is 2.19. The Morgan fingerprint density at radius 3 is 2.24 bits per heavy atom. The van der Waals surface area contributed by atoms with E-state index in [0.29, 0.717) is 10.6 Å². The van der Waals surface area contributed by atoms with Gasteiger partial charge in [0.15, 0.2) is 0 Å². The zero-order valence-corrected chi connectivity index (χ0v) is 16.3. The Morgan fingerprint density at radius 2 is 1.55 bits per heavy atom. The number of aromatic hydroxyl groups is 1. The van der Waals surface area contributed by atoms with Gasteiger partial charge >= 0.3 is 0 Å². The third-order valence-corrected chi connectivity index (χ3v) is 4.49. The third kappa shape index (κ3) is 5.13. The van der Waals surface area contributed by atoms with Gasteiger partial charge in [-0.2, -0.15) is 0 Å². The molecule has 0 aliphatic rings. The van der Waals surface area contributed by atoms with Crippen LogP contribution in [0.15, 0.2) is 60.7 Å². The van der Waals surface area contributed by atoms with Gasteiger partial charge in [0.25, 0.3) is 11.6 Å². The Balaban J connectivity index is 1.91. The standard InChI is InChI=1S/C21H14Cl2N2O4/c22-15-6-3-13(4-7-15)1-2-14-5-9-19(25(28)29)18(11-14)24-21(27)17-12-16(23)8-10-20(17)26/h1-12,26H,(H,24,27)/b2-1+. The fourth-order valence-corrected chi connectivity index (χ4v) is 2.86. The number of phenols is 1. The number of carbonyl (C=O) groups is 1. The van der Waals surface area contributed by atoms with Crippen LogP contribution < -0.4 is 5.32 Å². The van der Waals surface area contributed by atoms with Crippen LogP contribution in [0.25, 0.3) is 12.2 Å². The summed E-state index contributed by atoms with van der Waals surface area (Å²) in [5.41, 5.74) is 1.16. The fraction of sp³-hybridized carbons (Fsp3) is 0. The predicted octanol–water partition coefficient (Wildman–Crippen LogP) is 6.03. The topological polar surface area (TPSA) is 92.5 Å². The molecule has 0 saturated carbocycles. The Bertz CT molecular complexity index is 1110. The first-order valence-corrected chi connectivity index (χ1v) is 9.11. The molecule has 0 atom stereocenters. The van der Waals surface area contributed by atoms with E-state index in [0.717, 1.165) is 5.56 Å². The first-order valence-electron chi connectivity index (χ1n) is 8.35. The zero-order chi connectivity index (χ0) is 21.0. The molecule has 0 bridgehead atoms. The summed E-state index contributed by atoms with van der Waals surface area (Å²) in [5, 5.41) is 24.5. The quantitative estimate of drug-likeness (QED) is 0.294. The minimum atomic E-state index is -0.716. The van der Waals surface area contributed by atoms with E-state index in [2.05, 4.69) is 5.32 Å². The number of phenolic OH excluding ortho intramolecular Hbond substituents is 1. The molecule has 0 saturated heterocycles. The van der Waals surface area contributed by atoms with E-state index in [-0.39, 0.29) is 27.7 Å². The van der Waals surface area contributed by atoms with Crippen molar-refractivity contribution in [2.45, 2.75) is 0 Å². The molecule has 3 rings (SSSR count). The van der Waals surface area contributed by atoms with Crippen molar-refractivity contribution in [2.24, 2.45) is 0 Å². The molecular formula is C21H14Cl2N2O4. The van der Waals surface area contributed by atoms with E-state index >= 15 is 0 Å². The molecule has 0 unspecified atom stereocenters. The average Bonchev–Trinajstić information content (AvgIpc) is 2.69. The van der Waals surface area contributed by atoms with Crippen LogP contribution in [0.5, 0.6) is 5.75 Å². The number of nitro groups is 1. The summed E-state index contributed by atoms with van der Waals surface area (Å²) in [6, 6.07) is 15.5. The Kier molecular flexibility index (Phi) is 6.16. The smallest absolute Gasteiger partial charge is 0.292 e. The largest absolute Gasteiger partial charge is 0.507 e. The van der Waals surface area contributed by atoms with Gasteiger partial charge in [0, 0.05) is 16.1 Å². The summed E-state index contributed by atoms with van der Waals surface area (Å²) in [4.78, 5) is 23.2. The lowest BCUT2D eigenvalue weighted by Gasteiger charge is -2.09. The van der Waals surface area contributed by atoms with E-state index in [1.807, 2.05) is 18.2 Å². The molecule has 0 aromatic heterocycles. The van der Waals surface area contributed by atoms with Gasteiger partial charge in [-0.05, 0) is 53.6 Å². The monoisotopic (exact) mass is 428 g/mol. The number of hydrogen-bond donors (Lipinski definition) is 2. The molecule has 0 heterocycles. The number of anilines is 1. The van der Waals surface area contributed by atoms with Gasteiger partial charge in [0.05, 0.1) is 10.5 Å². The third-order valence-electron chi connectivity index (χ3n) is 4.01. The van der Waals surface area contributed by atoms with Crippen molar-refractivity contribution in [1.82, 2.24) is 0 Å². The van der Waals surface area contributed by atoms with Gasteiger partial charge in [0.2, 0.25) is 0 Å². The van der Waals surface area contributed by atoms with Crippen molar-refractivity contribution in [3.05, 3.63) is 97.5 Å². The molecule has 0 radical (unpaired) electrons. The second-order valence-electron chi connectivity index (χ2n) is 6.03. The molecule has 3 aromatic rings. The van der Waals surface area contributed by atoms with Gasteiger partial charge in [-0.15, -0.1) is 0 Å². The van der Waals surface area contributed by atoms with Crippen LogP contribution in [-0.2, 0) is 0 Å². The molecule has 8 heteroatoms. The lowest BCUT2D eigenvalue weighted by molar-refractivity contribution is -0.383. The van der Waals surface area contributed by atoms with Crippen molar-refractivity contribution in [2.75, 3.05) is 5.32 Å². The summed E-state index contributed by atoms with van der Waals surface area (Å²) in [6.45, 7) is 0. The maximum absolute atomic E-state index is 12.5. The average molecular weight is 429 g/mol. The van der Waals surface area contributed by atoms with E-state index in [1.54, 1.807) is 24.3 Å². The lowest BCUT2D eigenvalue weighted by Crippen LogP contribution is -2.13.